The lowest BCUT2D eigenvalue weighted by Gasteiger charge is -2.15. The van der Waals surface area contributed by atoms with E-state index in [9.17, 15) is 9.59 Å². The van der Waals surface area contributed by atoms with Gasteiger partial charge in [0.05, 0.1) is 13.2 Å². The van der Waals surface area contributed by atoms with Crippen LogP contribution < -0.4 is 0 Å². The summed E-state index contributed by atoms with van der Waals surface area (Å²) >= 11 is 0. The maximum absolute atomic E-state index is 11.2. The maximum Gasteiger partial charge on any atom is 0.333 e. The summed E-state index contributed by atoms with van der Waals surface area (Å²) < 4.78 is 31.7. The third-order valence-corrected chi connectivity index (χ3v) is 3.53. The Morgan fingerprint density at radius 1 is 0.621 bits per heavy atom. The molecule has 8 heteroatoms. The quantitative estimate of drug-likeness (QED) is 0.146. The molecule has 0 aliphatic carbocycles. The predicted molar refractivity (Wildman–Crippen MR) is 108 cm³/mol. The second kappa shape index (κ2) is 17.1. The molecule has 29 heavy (non-hydrogen) atoms. The van der Waals surface area contributed by atoms with Crippen LogP contribution in [0, 0.1) is 0 Å². The lowest BCUT2D eigenvalue weighted by molar-refractivity contribution is -0.155. The molecule has 0 saturated carbocycles. The van der Waals surface area contributed by atoms with Gasteiger partial charge in [-0.1, -0.05) is 13.2 Å². The molecule has 0 spiro atoms. The molecule has 0 bridgehead atoms. The van der Waals surface area contributed by atoms with Gasteiger partial charge in [-0.05, 0) is 47.0 Å². The van der Waals surface area contributed by atoms with E-state index in [0.717, 1.165) is 19.3 Å². The molecule has 0 aromatic heterocycles. The van der Waals surface area contributed by atoms with Crippen LogP contribution >= 0.6 is 0 Å². The topological polar surface area (TPSA) is 89.5 Å². The van der Waals surface area contributed by atoms with E-state index in [1.54, 1.807) is 27.7 Å². The Kier molecular flexibility index (Phi) is 16.1. The van der Waals surface area contributed by atoms with Crippen LogP contribution in [0.4, 0.5) is 0 Å². The first-order valence-electron chi connectivity index (χ1n) is 9.85. The third-order valence-electron chi connectivity index (χ3n) is 3.53. The van der Waals surface area contributed by atoms with Crippen molar-refractivity contribution in [2.24, 2.45) is 0 Å². The van der Waals surface area contributed by atoms with Crippen LogP contribution in [0.5, 0.6) is 0 Å². The van der Waals surface area contributed by atoms with Crippen LogP contribution in [0.2, 0.25) is 0 Å². The Balaban J connectivity index is 3.44. The molecule has 0 radical (unpaired) electrons. The van der Waals surface area contributed by atoms with E-state index in [1.807, 2.05) is 0 Å². The van der Waals surface area contributed by atoms with Crippen molar-refractivity contribution in [2.45, 2.75) is 59.5 Å². The molecule has 0 fully saturated rings. The van der Waals surface area contributed by atoms with Gasteiger partial charge >= 0.3 is 11.9 Å². The molecular formula is C21H36O8. The number of hydrogen-bond donors (Lipinski definition) is 0. The van der Waals surface area contributed by atoms with E-state index < -0.39 is 11.9 Å². The summed E-state index contributed by atoms with van der Waals surface area (Å²) in [7, 11) is 0. The van der Waals surface area contributed by atoms with Crippen LogP contribution in [-0.2, 0) is 38.0 Å². The number of ether oxygens (including phenoxy) is 6. The van der Waals surface area contributed by atoms with Crippen LogP contribution in [0.25, 0.3) is 0 Å². The average Bonchev–Trinajstić information content (AvgIpc) is 2.67. The van der Waals surface area contributed by atoms with Gasteiger partial charge in [0.2, 0.25) is 0 Å². The van der Waals surface area contributed by atoms with Gasteiger partial charge in [0, 0.05) is 24.4 Å². The van der Waals surface area contributed by atoms with E-state index >= 15 is 0 Å². The van der Waals surface area contributed by atoms with Gasteiger partial charge in [-0.25, -0.2) is 9.59 Å². The molecule has 0 aliphatic rings. The Bertz CT molecular complexity index is 459. The lowest BCUT2D eigenvalue weighted by atomic mass is 10.2. The molecule has 0 aromatic carbocycles. The van der Waals surface area contributed by atoms with Gasteiger partial charge in [-0.2, -0.15) is 0 Å². The zero-order valence-corrected chi connectivity index (χ0v) is 18.2. The Hall–Kier alpha value is -1.74. The van der Waals surface area contributed by atoms with Crippen molar-refractivity contribution >= 4 is 11.9 Å². The fraction of sp³-hybridized carbons (Fsp3) is 0.714. The summed E-state index contributed by atoms with van der Waals surface area (Å²) in [6.07, 6.45) is 2.00. The SMILES string of the molecule is C=C(C)C(=O)OCCOC(C)OCCCCCOC(C)OCCOC(=O)C(=C)C. The van der Waals surface area contributed by atoms with Crippen LogP contribution in [-0.4, -0.2) is 64.2 Å². The highest BCUT2D eigenvalue weighted by atomic mass is 16.7. The number of unbranched alkanes of at least 4 members (excludes halogenated alkanes) is 2. The standard InChI is InChI=1S/C21H36O8/c1-16(2)20(22)28-14-12-26-18(5)24-10-8-7-9-11-25-19(6)27-13-15-29-21(23)17(3)4/h18-19H,1,3,7-15H2,2,4-6H3. The number of esters is 2. The van der Waals surface area contributed by atoms with Crippen molar-refractivity contribution in [2.75, 3.05) is 39.6 Å². The molecule has 0 aliphatic heterocycles. The summed E-state index contributed by atoms with van der Waals surface area (Å²) in [6.45, 7) is 15.9. The van der Waals surface area contributed by atoms with Crippen molar-refractivity contribution in [3.8, 4) is 0 Å². The molecule has 0 N–H and O–H groups in total. The highest BCUT2D eigenvalue weighted by molar-refractivity contribution is 5.87. The fourth-order valence-electron chi connectivity index (χ4n) is 1.92. The largest absolute Gasteiger partial charge is 0.460 e. The minimum Gasteiger partial charge on any atom is -0.460 e. The van der Waals surface area contributed by atoms with Crippen LogP contribution in [0.15, 0.2) is 24.3 Å². The minimum atomic E-state index is -0.421. The van der Waals surface area contributed by atoms with Gasteiger partial charge in [0.1, 0.15) is 13.2 Å². The summed E-state index contributed by atoms with van der Waals surface area (Å²) in [5.41, 5.74) is 0.728. The van der Waals surface area contributed by atoms with Crippen molar-refractivity contribution in [1.82, 2.24) is 0 Å². The predicted octanol–water partition coefficient (Wildman–Crippen LogP) is 3.15. The van der Waals surface area contributed by atoms with Gasteiger partial charge in [-0.3, -0.25) is 0 Å². The first kappa shape index (κ1) is 27.3. The monoisotopic (exact) mass is 416 g/mol. The zero-order valence-electron chi connectivity index (χ0n) is 18.2. The van der Waals surface area contributed by atoms with Crippen molar-refractivity contribution < 1.29 is 38.0 Å². The third kappa shape index (κ3) is 16.9. The molecule has 2 unspecified atom stereocenters. The smallest absolute Gasteiger partial charge is 0.333 e. The number of carbonyl (C=O) groups excluding carboxylic acids is 2. The van der Waals surface area contributed by atoms with Crippen LogP contribution in [0.1, 0.15) is 47.0 Å². The van der Waals surface area contributed by atoms with E-state index in [-0.39, 0.29) is 39.0 Å². The van der Waals surface area contributed by atoms with E-state index in [0.29, 0.717) is 24.4 Å². The number of rotatable bonds is 18. The summed E-state index contributed by atoms with van der Waals surface area (Å²) in [5.74, 6) is -0.842. The Morgan fingerprint density at radius 2 is 0.966 bits per heavy atom. The molecular weight excluding hydrogens is 380 g/mol. The molecule has 8 nitrogen and oxygen atoms in total. The van der Waals surface area contributed by atoms with E-state index in [2.05, 4.69) is 13.2 Å². The molecule has 0 amide bonds. The number of hydrogen-bond acceptors (Lipinski definition) is 8. The first-order chi connectivity index (χ1) is 13.7. The summed E-state index contributed by atoms with van der Waals surface area (Å²) in [5, 5.41) is 0. The van der Waals surface area contributed by atoms with Crippen LogP contribution in [0.3, 0.4) is 0 Å². The molecule has 0 saturated heterocycles. The normalized spacial score (nSPS) is 12.8. The molecule has 2 atom stereocenters. The van der Waals surface area contributed by atoms with E-state index in [4.69, 9.17) is 28.4 Å². The van der Waals surface area contributed by atoms with E-state index in [1.165, 1.54) is 0 Å². The highest BCUT2D eigenvalue weighted by Crippen LogP contribution is 2.03. The minimum absolute atomic E-state index is 0.174. The Labute approximate surface area is 174 Å². The lowest BCUT2D eigenvalue weighted by Crippen LogP contribution is -2.19. The molecule has 0 rings (SSSR count). The average molecular weight is 417 g/mol. The molecule has 168 valence electrons. The van der Waals surface area contributed by atoms with Gasteiger partial charge in [-0.15, -0.1) is 0 Å². The fourth-order valence-corrected chi connectivity index (χ4v) is 1.92. The van der Waals surface area contributed by atoms with Gasteiger partial charge in [0.15, 0.2) is 12.6 Å². The number of carbonyl (C=O) groups is 2. The highest BCUT2D eigenvalue weighted by Gasteiger charge is 2.06. The zero-order chi connectivity index (χ0) is 22.1. The first-order valence-corrected chi connectivity index (χ1v) is 9.85. The summed E-state index contributed by atoms with van der Waals surface area (Å²) in [4.78, 5) is 22.4. The van der Waals surface area contributed by atoms with Crippen molar-refractivity contribution in [1.29, 1.82) is 0 Å². The van der Waals surface area contributed by atoms with Crippen molar-refractivity contribution in [3.63, 3.8) is 0 Å². The molecule has 0 heterocycles. The van der Waals surface area contributed by atoms with Gasteiger partial charge in [0.25, 0.3) is 0 Å². The van der Waals surface area contributed by atoms with Crippen molar-refractivity contribution in [3.05, 3.63) is 24.3 Å². The van der Waals surface area contributed by atoms with Gasteiger partial charge < -0.3 is 28.4 Å². The summed E-state index contributed by atoms with van der Waals surface area (Å²) in [6, 6.07) is 0. The molecule has 0 aromatic rings. The second-order valence-corrected chi connectivity index (χ2v) is 6.51. The Morgan fingerprint density at radius 3 is 1.31 bits per heavy atom. The second-order valence-electron chi connectivity index (χ2n) is 6.51. The maximum atomic E-state index is 11.2.